The average molecular weight is 495 g/mol. The maximum Gasteiger partial charge on any atom is 0.468 e. The van der Waals surface area contributed by atoms with Gasteiger partial charge >= 0.3 is 35.3 Å². The molecule has 17 heteroatoms. The van der Waals surface area contributed by atoms with Crippen LogP contribution in [0.15, 0.2) is 12.2 Å². The lowest BCUT2D eigenvalue weighted by molar-refractivity contribution is -0.356. The molecule has 0 N–H and O–H groups in total. The van der Waals surface area contributed by atoms with Crippen molar-refractivity contribution < 1.29 is 71.9 Å². The van der Waals surface area contributed by atoms with Gasteiger partial charge in [0.25, 0.3) is 0 Å². The van der Waals surface area contributed by atoms with Crippen molar-refractivity contribution in [1.29, 1.82) is 0 Å². The van der Waals surface area contributed by atoms with Crippen LogP contribution >= 0.6 is 0 Å². The molecule has 0 aliphatic rings. The molecule has 0 heterocycles. The zero-order chi connectivity index (χ0) is 24.9. The average Bonchev–Trinajstić information content (AvgIpc) is 2.57. The number of alkyl halides is 8. The van der Waals surface area contributed by atoms with Gasteiger partial charge in [-0.25, -0.2) is 18.0 Å². The van der Waals surface area contributed by atoms with Crippen molar-refractivity contribution in [3.8, 4) is 0 Å². The van der Waals surface area contributed by atoms with Gasteiger partial charge in [-0.1, -0.05) is 19.9 Å². The van der Waals surface area contributed by atoms with E-state index in [-0.39, 0.29) is 12.8 Å². The Morgan fingerprint density at radius 1 is 1.00 bits per heavy atom. The van der Waals surface area contributed by atoms with E-state index in [4.69, 9.17) is 0 Å². The Morgan fingerprint density at radius 2 is 1.52 bits per heavy atom. The molecule has 182 valence electrons. The van der Waals surface area contributed by atoms with E-state index in [0.29, 0.717) is 0 Å². The van der Waals surface area contributed by atoms with Crippen molar-refractivity contribution in [2.75, 3.05) is 13.2 Å². The molecule has 0 spiro atoms. The lowest BCUT2D eigenvalue weighted by atomic mass is 10.2. The molecule has 0 fully saturated rings. The summed E-state index contributed by atoms with van der Waals surface area (Å²) in [6.45, 7) is 0.818. The van der Waals surface area contributed by atoms with Crippen LogP contribution in [-0.2, 0) is 33.9 Å². The number of hydrogen-bond donors (Lipinski definition) is 0. The highest BCUT2D eigenvalue weighted by molar-refractivity contribution is 7.86. The molecule has 0 aromatic rings. The minimum atomic E-state index is -6.38. The molecule has 1 unspecified atom stereocenters. The summed E-state index contributed by atoms with van der Waals surface area (Å²) in [5.74, 6) is -10.5. The Kier molecular flexibility index (Phi) is 9.42. The van der Waals surface area contributed by atoms with Gasteiger partial charge in [0, 0.05) is 6.42 Å². The normalized spacial score (nSPS) is 15.2. The third-order valence-corrected chi connectivity index (χ3v) is 4.20. The fourth-order valence-corrected chi connectivity index (χ4v) is 1.87. The topological polar surface area (TPSA) is 119 Å². The third-order valence-electron chi connectivity index (χ3n) is 3.26. The molecule has 0 saturated carbocycles. The Morgan fingerprint density at radius 3 is 1.90 bits per heavy atom. The molecule has 0 aromatic heterocycles. The van der Waals surface area contributed by atoms with E-state index < -0.39 is 70.7 Å². The lowest BCUT2D eigenvalue weighted by Gasteiger charge is -2.33. The fourth-order valence-electron chi connectivity index (χ4n) is 1.54. The first kappa shape index (κ1) is 29.0. The van der Waals surface area contributed by atoms with E-state index >= 15 is 0 Å². The SMILES string of the molecule is C=C(C(=O)OC(OCCC(F)(F)S(=O)(=O)[O-])(C(=O)OCCCC)C(F)(F)F)C(F)(F)F. The van der Waals surface area contributed by atoms with Crippen molar-refractivity contribution >= 4 is 22.1 Å². The molecule has 0 aromatic carbocycles. The Balaban J connectivity index is 6.06. The summed E-state index contributed by atoms with van der Waals surface area (Å²) in [5.41, 5.74) is -2.52. The van der Waals surface area contributed by atoms with Crippen LogP contribution in [0.3, 0.4) is 0 Å². The largest absolute Gasteiger partial charge is 0.743 e. The quantitative estimate of drug-likeness (QED) is 0.107. The Bertz CT molecular complexity index is 774. The van der Waals surface area contributed by atoms with E-state index in [9.17, 15) is 57.7 Å². The Hall–Kier alpha value is -2.01. The molecular weight excluding hydrogens is 480 g/mol. The summed E-state index contributed by atoms with van der Waals surface area (Å²) in [7, 11) is -6.38. The van der Waals surface area contributed by atoms with E-state index in [1.165, 1.54) is 6.92 Å². The predicted molar refractivity (Wildman–Crippen MR) is 81.2 cm³/mol. The number of ether oxygens (including phenoxy) is 3. The number of unbranched alkanes of at least 4 members (excludes halogenated alkanes) is 1. The predicted octanol–water partition coefficient (Wildman–Crippen LogP) is 2.79. The summed E-state index contributed by atoms with van der Waals surface area (Å²) in [4.78, 5) is 23.4. The second-order valence-electron chi connectivity index (χ2n) is 5.66. The van der Waals surface area contributed by atoms with E-state index in [0.717, 1.165) is 0 Å². The van der Waals surface area contributed by atoms with Gasteiger partial charge in [0.2, 0.25) is 0 Å². The summed E-state index contributed by atoms with van der Waals surface area (Å²) in [5, 5.41) is -5.18. The van der Waals surface area contributed by atoms with Crippen LogP contribution in [0.1, 0.15) is 26.2 Å². The van der Waals surface area contributed by atoms with Crippen LogP contribution in [0.25, 0.3) is 0 Å². The van der Waals surface area contributed by atoms with Crippen LogP contribution in [0.5, 0.6) is 0 Å². The first-order valence-electron chi connectivity index (χ1n) is 7.93. The smallest absolute Gasteiger partial charge is 0.468 e. The molecule has 0 aliphatic heterocycles. The van der Waals surface area contributed by atoms with Gasteiger partial charge in [-0.2, -0.15) is 35.1 Å². The second kappa shape index (κ2) is 10.1. The van der Waals surface area contributed by atoms with E-state index in [1.54, 1.807) is 0 Å². The molecule has 1 atom stereocenters. The van der Waals surface area contributed by atoms with Crippen LogP contribution < -0.4 is 0 Å². The Labute approximate surface area is 169 Å². The summed E-state index contributed by atoms with van der Waals surface area (Å²) in [6.07, 6.45) is -13.9. The number of carbonyl (C=O) groups excluding carboxylic acids is 2. The van der Waals surface area contributed by atoms with Crippen molar-refractivity contribution in [2.24, 2.45) is 0 Å². The van der Waals surface area contributed by atoms with Gasteiger partial charge < -0.3 is 18.8 Å². The molecule has 0 saturated heterocycles. The summed E-state index contributed by atoms with van der Waals surface area (Å²) >= 11 is 0. The standard InChI is InChI=1S/C14H16F8O8S/c1-3-4-6-28-10(24)12(14(20,21)22,30-9(23)8(2)13(17,18)19)29-7-5-11(15,16)31(25,26)27/h2-7H2,1H3,(H,25,26,27)/p-1. The number of carbonyl (C=O) groups is 2. The molecule has 0 amide bonds. The molecule has 0 aliphatic carbocycles. The minimum absolute atomic E-state index is 0.0601. The number of halogens is 8. The van der Waals surface area contributed by atoms with Crippen LogP contribution in [0.2, 0.25) is 0 Å². The highest BCUT2D eigenvalue weighted by Crippen LogP contribution is 2.39. The van der Waals surface area contributed by atoms with Crippen molar-refractivity contribution in [1.82, 2.24) is 0 Å². The molecule has 0 bridgehead atoms. The zero-order valence-electron chi connectivity index (χ0n) is 15.4. The first-order chi connectivity index (χ1) is 13.7. The molecular formula is C14H15F8O8S-. The highest BCUT2D eigenvalue weighted by atomic mass is 32.2. The van der Waals surface area contributed by atoms with Gasteiger partial charge in [-0.15, -0.1) is 0 Å². The highest BCUT2D eigenvalue weighted by Gasteiger charge is 2.68. The van der Waals surface area contributed by atoms with Crippen molar-refractivity contribution in [2.45, 2.75) is 49.6 Å². The number of esters is 2. The molecule has 0 rings (SSSR count). The van der Waals surface area contributed by atoms with Gasteiger partial charge in [0.15, 0.2) is 10.1 Å². The molecule has 8 nitrogen and oxygen atoms in total. The number of hydrogen-bond acceptors (Lipinski definition) is 8. The van der Waals surface area contributed by atoms with Gasteiger partial charge in [-0.05, 0) is 6.42 Å². The van der Waals surface area contributed by atoms with Gasteiger partial charge in [0.05, 0.1) is 13.2 Å². The first-order valence-corrected chi connectivity index (χ1v) is 9.34. The second-order valence-corrected chi connectivity index (χ2v) is 7.17. The number of rotatable bonds is 11. The lowest BCUT2D eigenvalue weighted by Crippen LogP contribution is -2.59. The maximum absolute atomic E-state index is 13.5. The van der Waals surface area contributed by atoms with E-state index in [1.807, 2.05) is 0 Å². The van der Waals surface area contributed by atoms with Crippen LogP contribution in [0, 0.1) is 0 Å². The minimum Gasteiger partial charge on any atom is -0.743 e. The van der Waals surface area contributed by atoms with Crippen LogP contribution in [-0.4, -0.2) is 61.5 Å². The summed E-state index contributed by atoms with van der Waals surface area (Å²) < 4.78 is 147. The van der Waals surface area contributed by atoms with Crippen molar-refractivity contribution in [3.63, 3.8) is 0 Å². The third kappa shape index (κ3) is 7.57. The zero-order valence-corrected chi connectivity index (χ0v) is 16.3. The fraction of sp³-hybridized carbons (Fsp3) is 0.714. The maximum atomic E-state index is 13.5. The van der Waals surface area contributed by atoms with Crippen LogP contribution in [0.4, 0.5) is 35.1 Å². The molecule has 31 heavy (non-hydrogen) atoms. The molecule has 0 radical (unpaired) electrons. The van der Waals surface area contributed by atoms with Crippen molar-refractivity contribution in [3.05, 3.63) is 12.2 Å². The summed E-state index contributed by atoms with van der Waals surface area (Å²) in [6, 6.07) is 0. The van der Waals surface area contributed by atoms with E-state index in [2.05, 4.69) is 20.8 Å². The monoisotopic (exact) mass is 495 g/mol. The van der Waals surface area contributed by atoms with Gasteiger partial charge in [-0.3, -0.25) is 0 Å². The van der Waals surface area contributed by atoms with Gasteiger partial charge in [0.1, 0.15) is 5.57 Å².